The third-order valence-electron chi connectivity index (χ3n) is 2.92. The molecular formula is C15H12ClN3O2S2. The van der Waals surface area contributed by atoms with Crippen LogP contribution in [0.25, 0.3) is 10.6 Å². The highest BCUT2D eigenvalue weighted by Gasteiger charge is 2.08. The van der Waals surface area contributed by atoms with Crippen molar-refractivity contribution in [1.82, 2.24) is 4.98 Å². The first kappa shape index (κ1) is 15.8. The van der Waals surface area contributed by atoms with Crippen molar-refractivity contribution in [1.29, 1.82) is 0 Å². The summed E-state index contributed by atoms with van der Waals surface area (Å²) in [6.45, 7) is 0. The van der Waals surface area contributed by atoms with Crippen molar-refractivity contribution in [2.45, 2.75) is 0 Å². The molecule has 5 nitrogen and oxygen atoms in total. The fourth-order valence-corrected chi connectivity index (χ4v) is 3.49. The van der Waals surface area contributed by atoms with Crippen molar-refractivity contribution in [3.05, 3.63) is 45.6 Å². The molecule has 0 saturated carbocycles. The maximum Gasteiger partial charge on any atom is 0.203 e. The SMILES string of the molecule is COc1cc(/C=N\Nc2nc(-c3cccs3)cs2)cc(Cl)c1O. The van der Waals surface area contributed by atoms with Crippen molar-refractivity contribution >= 4 is 45.6 Å². The van der Waals surface area contributed by atoms with Crippen LogP contribution in [-0.2, 0) is 0 Å². The molecule has 8 heteroatoms. The first-order valence-electron chi connectivity index (χ1n) is 6.52. The highest BCUT2D eigenvalue weighted by Crippen LogP contribution is 2.34. The third-order valence-corrected chi connectivity index (χ3v) is 4.85. The molecule has 2 N–H and O–H groups in total. The molecule has 0 aliphatic heterocycles. The third kappa shape index (κ3) is 3.64. The van der Waals surface area contributed by atoms with Crippen molar-refractivity contribution < 1.29 is 9.84 Å². The summed E-state index contributed by atoms with van der Waals surface area (Å²) in [6, 6.07) is 7.26. The number of hydrazone groups is 1. The van der Waals surface area contributed by atoms with Crippen LogP contribution in [0.3, 0.4) is 0 Å². The lowest BCUT2D eigenvalue weighted by molar-refractivity contribution is 0.373. The Morgan fingerprint density at radius 3 is 3.00 bits per heavy atom. The summed E-state index contributed by atoms with van der Waals surface area (Å²) in [5.41, 5.74) is 4.51. The van der Waals surface area contributed by atoms with Crippen LogP contribution in [0.5, 0.6) is 11.5 Å². The van der Waals surface area contributed by atoms with Gasteiger partial charge in [-0.25, -0.2) is 4.98 Å². The molecule has 2 aromatic heterocycles. The standard InChI is InChI=1S/C15H12ClN3O2S2/c1-21-12-6-9(5-10(16)14(12)20)7-17-19-15-18-11(8-23-15)13-3-2-4-22-13/h2-8,20H,1H3,(H,18,19)/b17-7-. The zero-order valence-electron chi connectivity index (χ0n) is 12.0. The van der Waals surface area contributed by atoms with Gasteiger partial charge < -0.3 is 9.84 Å². The van der Waals surface area contributed by atoms with E-state index in [1.807, 2.05) is 22.9 Å². The number of nitrogens with one attached hydrogen (secondary N) is 1. The van der Waals surface area contributed by atoms with Gasteiger partial charge in [-0.1, -0.05) is 17.7 Å². The highest BCUT2D eigenvalue weighted by atomic mass is 35.5. The lowest BCUT2D eigenvalue weighted by Crippen LogP contribution is -1.92. The molecule has 0 radical (unpaired) electrons. The van der Waals surface area contributed by atoms with Crippen molar-refractivity contribution in [2.75, 3.05) is 12.5 Å². The van der Waals surface area contributed by atoms with Gasteiger partial charge in [0.15, 0.2) is 11.5 Å². The van der Waals surface area contributed by atoms with Crippen LogP contribution in [0.4, 0.5) is 5.13 Å². The average molecular weight is 366 g/mol. The van der Waals surface area contributed by atoms with Crippen LogP contribution in [-0.4, -0.2) is 23.4 Å². The minimum atomic E-state index is -0.0835. The molecule has 0 bridgehead atoms. The van der Waals surface area contributed by atoms with Crippen LogP contribution >= 0.6 is 34.3 Å². The molecule has 0 spiro atoms. The molecule has 0 fully saturated rings. The summed E-state index contributed by atoms with van der Waals surface area (Å²) in [6.07, 6.45) is 1.58. The number of anilines is 1. The Morgan fingerprint density at radius 2 is 2.26 bits per heavy atom. The van der Waals surface area contributed by atoms with Gasteiger partial charge in [0.05, 0.1) is 28.9 Å². The van der Waals surface area contributed by atoms with Gasteiger partial charge in [-0.05, 0) is 29.1 Å². The number of halogens is 1. The van der Waals surface area contributed by atoms with E-state index in [0.29, 0.717) is 16.4 Å². The second-order valence-electron chi connectivity index (χ2n) is 4.44. The Hall–Kier alpha value is -2.09. The molecule has 0 aliphatic rings. The molecule has 1 aromatic carbocycles. The molecule has 0 unspecified atom stereocenters. The lowest BCUT2D eigenvalue weighted by atomic mass is 10.2. The van der Waals surface area contributed by atoms with Gasteiger partial charge in [0, 0.05) is 5.38 Å². The Balaban J connectivity index is 1.71. The van der Waals surface area contributed by atoms with Crippen LogP contribution in [0, 0.1) is 0 Å². The van der Waals surface area contributed by atoms with E-state index in [0.717, 1.165) is 10.6 Å². The van der Waals surface area contributed by atoms with Crippen molar-refractivity contribution in [2.24, 2.45) is 5.10 Å². The van der Waals surface area contributed by atoms with E-state index in [4.69, 9.17) is 16.3 Å². The van der Waals surface area contributed by atoms with Crippen molar-refractivity contribution in [3.63, 3.8) is 0 Å². The molecule has 0 atom stereocenters. The number of methoxy groups -OCH3 is 1. The van der Waals surface area contributed by atoms with Gasteiger partial charge in [0.1, 0.15) is 0 Å². The van der Waals surface area contributed by atoms with E-state index in [9.17, 15) is 5.11 Å². The van der Waals surface area contributed by atoms with Crippen LogP contribution in [0.15, 0.2) is 40.1 Å². The minimum Gasteiger partial charge on any atom is -0.503 e. The van der Waals surface area contributed by atoms with Gasteiger partial charge in [-0.2, -0.15) is 5.10 Å². The molecule has 0 amide bonds. The zero-order chi connectivity index (χ0) is 16.2. The summed E-state index contributed by atoms with van der Waals surface area (Å²) in [5.74, 6) is 0.216. The van der Waals surface area contributed by atoms with E-state index in [1.54, 1.807) is 29.7 Å². The molecule has 0 saturated heterocycles. The van der Waals surface area contributed by atoms with E-state index in [1.165, 1.54) is 18.4 Å². The Labute approximate surface area is 145 Å². The van der Waals surface area contributed by atoms with E-state index >= 15 is 0 Å². The number of thiazole rings is 1. The Morgan fingerprint density at radius 1 is 1.39 bits per heavy atom. The normalized spacial score (nSPS) is 11.0. The predicted molar refractivity (Wildman–Crippen MR) is 96.3 cm³/mol. The minimum absolute atomic E-state index is 0.0835. The summed E-state index contributed by atoms with van der Waals surface area (Å²) in [4.78, 5) is 5.58. The number of thiophene rings is 1. The molecular weight excluding hydrogens is 354 g/mol. The van der Waals surface area contributed by atoms with Gasteiger partial charge >= 0.3 is 0 Å². The zero-order valence-corrected chi connectivity index (χ0v) is 14.4. The number of aromatic hydroxyl groups is 1. The monoisotopic (exact) mass is 365 g/mol. The molecule has 23 heavy (non-hydrogen) atoms. The number of ether oxygens (including phenoxy) is 1. The molecule has 3 rings (SSSR count). The van der Waals surface area contributed by atoms with Crippen molar-refractivity contribution in [3.8, 4) is 22.1 Å². The van der Waals surface area contributed by atoms with Gasteiger partial charge in [0.25, 0.3) is 0 Å². The number of hydrogen-bond acceptors (Lipinski definition) is 7. The van der Waals surface area contributed by atoms with Gasteiger partial charge in [-0.15, -0.1) is 22.7 Å². The van der Waals surface area contributed by atoms with E-state index in [-0.39, 0.29) is 10.8 Å². The summed E-state index contributed by atoms with van der Waals surface area (Å²) in [5, 5.41) is 18.7. The quantitative estimate of drug-likeness (QED) is 0.508. The lowest BCUT2D eigenvalue weighted by Gasteiger charge is -2.05. The predicted octanol–water partition coefficient (Wildman–Crippen LogP) is 4.69. The maximum absolute atomic E-state index is 9.69. The van der Waals surface area contributed by atoms with Gasteiger partial charge in [0.2, 0.25) is 5.13 Å². The Kier molecular flexibility index (Phi) is 4.80. The van der Waals surface area contributed by atoms with Crippen LogP contribution in [0.2, 0.25) is 5.02 Å². The summed E-state index contributed by atoms with van der Waals surface area (Å²) < 4.78 is 5.05. The smallest absolute Gasteiger partial charge is 0.203 e. The Bertz CT molecular complexity index is 831. The van der Waals surface area contributed by atoms with Crippen LogP contribution < -0.4 is 10.2 Å². The summed E-state index contributed by atoms with van der Waals surface area (Å²) in [7, 11) is 1.46. The number of nitrogens with zero attached hydrogens (tertiary/aromatic N) is 2. The molecule has 0 aliphatic carbocycles. The second-order valence-corrected chi connectivity index (χ2v) is 6.65. The van der Waals surface area contributed by atoms with Crippen LogP contribution in [0.1, 0.15) is 5.56 Å². The van der Waals surface area contributed by atoms with E-state index < -0.39 is 0 Å². The fraction of sp³-hybridized carbons (Fsp3) is 0.0667. The summed E-state index contributed by atoms with van der Waals surface area (Å²) >= 11 is 9.05. The number of hydrogen-bond donors (Lipinski definition) is 2. The second kappa shape index (κ2) is 6.99. The maximum atomic E-state index is 9.69. The largest absolute Gasteiger partial charge is 0.503 e. The number of phenols is 1. The number of phenolic OH excluding ortho intramolecular Hbond substituents is 1. The molecule has 118 valence electrons. The number of benzene rings is 1. The first-order chi connectivity index (χ1) is 11.2. The number of rotatable bonds is 5. The molecule has 2 heterocycles. The highest BCUT2D eigenvalue weighted by molar-refractivity contribution is 7.15. The van der Waals surface area contributed by atoms with Gasteiger partial charge in [-0.3, -0.25) is 5.43 Å². The average Bonchev–Trinajstić information content (AvgIpc) is 3.21. The fourth-order valence-electron chi connectivity index (χ4n) is 1.85. The topological polar surface area (TPSA) is 66.7 Å². The van der Waals surface area contributed by atoms with E-state index in [2.05, 4.69) is 15.5 Å². The first-order valence-corrected chi connectivity index (χ1v) is 8.66. The molecule has 3 aromatic rings. The number of aromatic nitrogens is 1.